The number of amides is 1. The molecular weight excluding hydrogens is 360 g/mol. The minimum atomic E-state index is -2.89. The third-order valence-corrected chi connectivity index (χ3v) is 3.62. The van der Waals surface area contributed by atoms with Gasteiger partial charge >= 0.3 is 6.61 Å². The van der Waals surface area contributed by atoms with Crippen molar-refractivity contribution in [2.45, 2.75) is 6.61 Å². The first kappa shape index (κ1) is 18.5. The lowest BCUT2D eigenvalue weighted by molar-refractivity contribution is -0.111. The van der Waals surface area contributed by atoms with Crippen LogP contribution in [0.3, 0.4) is 0 Å². The maximum absolute atomic E-state index is 12.1. The lowest BCUT2D eigenvalue weighted by atomic mass is 10.1. The molecule has 0 radical (unpaired) electrons. The van der Waals surface area contributed by atoms with Crippen molar-refractivity contribution < 1.29 is 32.5 Å². The minimum Gasteiger partial charge on any atom is -0.493 e. The fourth-order valence-corrected chi connectivity index (χ4v) is 2.47. The van der Waals surface area contributed by atoms with Gasteiger partial charge in [-0.15, -0.1) is 0 Å². The summed E-state index contributed by atoms with van der Waals surface area (Å²) in [6, 6.07) is 9.10. The van der Waals surface area contributed by atoms with E-state index in [9.17, 15) is 13.6 Å². The zero-order chi connectivity index (χ0) is 19.2. The number of hydrogen-bond acceptors (Lipinski definition) is 5. The molecule has 0 bridgehead atoms. The van der Waals surface area contributed by atoms with Crippen molar-refractivity contribution in [3.8, 4) is 23.0 Å². The topological polar surface area (TPSA) is 66.0 Å². The third-order valence-electron chi connectivity index (χ3n) is 3.62. The minimum absolute atomic E-state index is 0.0157. The van der Waals surface area contributed by atoms with Crippen LogP contribution in [0.5, 0.6) is 23.0 Å². The van der Waals surface area contributed by atoms with Crippen molar-refractivity contribution >= 4 is 17.7 Å². The first-order valence-electron chi connectivity index (χ1n) is 8.07. The largest absolute Gasteiger partial charge is 0.493 e. The first-order chi connectivity index (χ1) is 13.0. The molecule has 2 aromatic rings. The first-order valence-corrected chi connectivity index (χ1v) is 8.07. The van der Waals surface area contributed by atoms with E-state index in [4.69, 9.17) is 14.2 Å². The molecule has 27 heavy (non-hydrogen) atoms. The number of methoxy groups -OCH3 is 1. The van der Waals surface area contributed by atoms with E-state index in [-0.39, 0.29) is 11.7 Å². The van der Waals surface area contributed by atoms with Gasteiger partial charge in [0, 0.05) is 11.8 Å². The van der Waals surface area contributed by atoms with Crippen LogP contribution in [0.15, 0.2) is 42.5 Å². The molecular formula is C19H17F2NO5. The third kappa shape index (κ3) is 4.87. The lowest BCUT2D eigenvalue weighted by Crippen LogP contribution is -2.16. The number of benzene rings is 2. The molecule has 142 valence electrons. The highest BCUT2D eigenvalue weighted by molar-refractivity contribution is 6.02. The Labute approximate surface area is 154 Å². The monoisotopic (exact) mass is 377 g/mol. The van der Waals surface area contributed by atoms with Crippen LogP contribution in [0.25, 0.3) is 6.08 Å². The number of fused-ring (bicyclic) bond motifs is 1. The van der Waals surface area contributed by atoms with Crippen LogP contribution in [0.2, 0.25) is 0 Å². The summed E-state index contributed by atoms with van der Waals surface area (Å²) >= 11 is 0. The fourth-order valence-electron chi connectivity index (χ4n) is 2.47. The number of rotatable bonds is 6. The average Bonchev–Trinajstić information content (AvgIpc) is 2.67. The zero-order valence-electron chi connectivity index (χ0n) is 14.4. The van der Waals surface area contributed by atoms with Crippen molar-refractivity contribution in [2.24, 2.45) is 0 Å². The molecule has 0 aromatic heterocycles. The summed E-state index contributed by atoms with van der Waals surface area (Å²) in [5.41, 5.74) is 1.15. The van der Waals surface area contributed by atoms with E-state index in [1.54, 1.807) is 18.2 Å². The number of carbonyl (C=O) groups excluding carboxylic acids is 1. The predicted molar refractivity (Wildman–Crippen MR) is 94.7 cm³/mol. The Morgan fingerprint density at radius 2 is 1.93 bits per heavy atom. The van der Waals surface area contributed by atoms with Crippen LogP contribution in [0, 0.1) is 0 Å². The van der Waals surface area contributed by atoms with E-state index in [0.717, 1.165) is 0 Å². The molecule has 2 aromatic carbocycles. The molecule has 1 aliphatic rings. The van der Waals surface area contributed by atoms with Gasteiger partial charge in [-0.25, -0.2) is 0 Å². The maximum Gasteiger partial charge on any atom is 0.387 e. The number of ether oxygens (including phenoxy) is 4. The van der Waals surface area contributed by atoms with Crippen LogP contribution in [0.4, 0.5) is 14.5 Å². The second-order valence-electron chi connectivity index (χ2n) is 5.47. The number of carbonyl (C=O) groups is 1. The van der Waals surface area contributed by atoms with E-state index in [2.05, 4.69) is 10.1 Å². The average molecular weight is 377 g/mol. The molecule has 1 aliphatic heterocycles. The molecule has 1 N–H and O–H groups in total. The Morgan fingerprint density at radius 1 is 1.19 bits per heavy atom. The van der Waals surface area contributed by atoms with E-state index >= 15 is 0 Å². The number of alkyl halides is 2. The molecule has 1 heterocycles. The second-order valence-corrected chi connectivity index (χ2v) is 5.47. The quantitative estimate of drug-likeness (QED) is 0.778. The molecule has 0 spiro atoms. The Balaban J connectivity index is 1.66. The SMILES string of the molecule is COc1cc(C=CC(=O)Nc2ccc(OC(F)F)cc2)cc2c1OCCO2. The molecule has 0 atom stereocenters. The van der Waals surface area contributed by atoms with Gasteiger partial charge < -0.3 is 24.3 Å². The Hall–Kier alpha value is -3.29. The Bertz CT molecular complexity index is 819. The summed E-state index contributed by atoms with van der Waals surface area (Å²) in [6.07, 6.45) is 2.94. The summed E-state index contributed by atoms with van der Waals surface area (Å²) in [5.74, 6) is 1.24. The molecule has 0 saturated carbocycles. The smallest absolute Gasteiger partial charge is 0.387 e. The van der Waals surface area contributed by atoms with Crippen LogP contribution in [-0.4, -0.2) is 32.8 Å². The number of nitrogens with one attached hydrogen (secondary N) is 1. The standard InChI is InChI=1S/C19H17F2NO5/c1-24-15-10-12(11-16-18(15)26-9-8-25-16)2-7-17(23)22-13-3-5-14(6-4-13)27-19(20)21/h2-7,10-11,19H,8-9H2,1H3,(H,22,23). The summed E-state index contributed by atoms with van der Waals surface area (Å²) in [5, 5.41) is 2.63. The van der Waals surface area contributed by atoms with Crippen LogP contribution >= 0.6 is 0 Å². The number of hydrogen-bond donors (Lipinski definition) is 1. The van der Waals surface area contributed by atoms with Gasteiger partial charge in [-0.05, 0) is 48.0 Å². The van der Waals surface area contributed by atoms with Crippen LogP contribution < -0.4 is 24.3 Å². The summed E-state index contributed by atoms with van der Waals surface area (Å²) in [6.45, 7) is -2.01. The van der Waals surface area contributed by atoms with E-state index in [1.807, 2.05) is 0 Å². The zero-order valence-corrected chi connectivity index (χ0v) is 14.4. The summed E-state index contributed by atoms with van der Waals surface area (Å²) in [7, 11) is 1.52. The fraction of sp³-hybridized carbons (Fsp3) is 0.211. The second kappa shape index (κ2) is 8.39. The van der Waals surface area contributed by atoms with Gasteiger partial charge in [-0.1, -0.05) is 0 Å². The van der Waals surface area contributed by atoms with Crippen molar-refractivity contribution in [1.29, 1.82) is 0 Å². The molecule has 0 unspecified atom stereocenters. The van der Waals surface area contributed by atoms with Gasteiger partial charge in [0.15, 0.2) is 11.5 Å². The molecule has 8 heteroatoms. The van der Waals surface area contributed by atoms with Crippen molar-refractivity contribution in [3.05, 3.63) is 48.0 Å². The van der Waals surface area contributed by atoms with Gasteiger partial charge in [0.2, 0.25) is 11.7 Å². The number of halogens is 2. The molecule has 0 aliphatic carbocycles. The van der Waals surface area contributed by atoms with E-state index < -0.39 is 6.61 Å². The molecule has 0 fully saturated rings. The predicted octanol–water partition coefficient (Wildman–Crippen LogP) is 3.72. The van der Waals surface area contributed by atoms with Gasteiger partial charge in [-0.3, -0.25) is 4.79 Å². The van der Waals surface area contributed by atoms with Crippen LogP contribution in [0.1, 0.15) is 5.56 Å². The maximum atomic E-state index is 12.1. The van der Waals surface area contributed by atoms with Crippen molar-refractivity contribution in [2.75, 3.05) is 25.6 Å². The highest BCUT2D eigenvalue weighted by atomic mass is 19.3. The molecule has 6 nitrogen and oxygen atoms in total. The van der Waals surface area contributed by atoms with Crippen molar-refractivity contribution in [1.82, 2.24) is 0 Å². The summed E-state index contributed by atoms with van der Waals surface area (Å²) in [4.78, 5) is 12.1. The van der Waals surface area contributed by atoms with Gasteiger partial charge in [0.25, 0.3) is 0 Å². The summed E-state index contributed by atoms with van der Waals surface area (Å²) < 4.78 is 44.9. The normalized spacial score (nSPS) is 12.9. The molecule has 3 rings (SSSR count). The van der Waals surface area contributed by atoms with Crippen molar-refractivity contribution in [3.63, 3.8) is 0 Å². The molecule has 0 saturated heterocycles. The lowest BCUT2D eigenvalue weighted by Gasteiger charge is -2.20. The molecule has 1 amide bonds. The highest BCUT2D eigenvalue weighted by Gasteiger charge is 2.17. The highest BCUT2D eigenvalue weighted by Crippen LogP contribution is 2.40. The van der Waals surface area contributed by atoms with Gasteiger partial charge in [0.1, 0.15) is 19.0 Å². The van der Waals surface area contributed by atoms with E-state index in [1.165, 1.54) is 37.5 Å². The van der Waals surface area contributed by atoms with Crippen LogP contribution in [-0.2, 0) is 4.79 Å². The Morgan fingerprint density at radius 3 is 2.63 bits per heavy atom. The van der Waals surface area contributed by atoms with Gasteiger partial charge in [0.05, 0.1) is 7.11 Å². The van der Waals surface area contributed by atoms with E-state index in [0.29, 0.717) is 41.7 Å². The Kier molecular flexibility index (Phi) is 5.75. The number of anilines is 1. The van der Waals surface area contributed by atoms with Gasteiger partial charge in [-0.2, -0.15) is 8.78 Å².